The van der Waals surface area contributed by atoms with Gasteiger partial charge in [0.15, 0.2) is 5.60 Å². The summed E-state index contributed by atoms with van der Waals surface area (Å²) in [5.74, 6) is -3.63. The fraction of sp³-hybridized carbons (Fsp3) is 0.273. The molecule has 0 aliphatic carbocycles. The van der Waals surface area contributed by atoms with Crippen molar-refractivity contribution in [2.75, 3.05) is 6.54 Å². The number of hydrogen-bond donors (Lipinski definition) is 3. The Morgan fingerprint density at radius 2 is 2.10 bits per heavy atom. The standard InChI is InChI=1S/C11H11FN2O6/c1-11(18,10(16)17)5-13-9(15)7-4-6(14(19)20)2-3-8(7)12/h2-4,18H,5H2,1H3,(H,13,15)(H,16,17). The first-order chi connectivity index (χ1) is 9.15. The minimum Gasteiger partial charge on any atom is -0.479 e. The summed E-state index contributed by atoms with van der Waals surface area (Å²) in [5, 5.41) is 30.5. The lowest BCUT2D eigenvalue weighted by Crippen LogP contribution is -2.46. The first-order valence-electron chi connectivity index (χ1n) is 5.33. The first kappa shape index (κ1) is 15.5. The van der Waals surface area contributed by atoms with Gasteiger partial charge in [-0.1, -0.05) is 0 Å². The van der Waals surface area contributed by atoms with E-state index in [-0.39, 0.29) is 0 Å². The molecule has 0 aliphatic rings. The van der Waals surface area contributed by atoms with Gasteiger partial charge < -0.3 is 15.5 Å². The van der Waals surface area contributed by atoms with E-state index < -0.39 is 46.0 Å². The van der Waals surface area contributed by atoms with Gasteiger partial charge in [-0.2, -0.15) is 0 Å². The number of amides is 1. The molecule has 0 saturated carbocycles. The summed E-state index contributed by atoms with van der Waals surface area (Å²) in [6.07, 6.45) is 0. The van der Waals surface area contributed by atoms with Gasteiger partial charge in [0.05, 0.1) is 17.0 Å². The molecule has 0 bridgehead atoms. The van der Waals surface area contributed by atoms with Crippen LogP contribution in [0.4, 0.5) is 10.1 Å². The molecule has 8 nitrogen and oxygen atoms in total. The number of halogens is 1. The molecular formula is C11H11FN2O6. The summed E-state index contributed by atoms with van der Waals surface area (Å²) in [6, 6.07) is 2.36. The summed E-state index contributed by atoms with van der Waals surface area (Å²) < 4.78 is 13.4. The number of rotatable bonds is 5. The molecule has 1 aromatic rings. The lowest BCUT2D eigenvalue weighted by Gasteiger charge is -2.18. The lowest BCUT2D eigenvalue weighted by molar-refractivity contribution is -0.384. The zero-order valence-corrected chi connectivity index (χ0v) is 10.3. The van der Waals surface area contributed by atoms with Gasteiger partial charge in [-0.05, 0) is 13.0 Å². The molecule has 1 unspecified atom stereocenters. The Bertz CT molecular complexity index is 572. The highest BCUT2D eigenvalue weighted by molar-refractivity contribution is 5.95. The number of nitrogens with zero attached hydrogens (tertiary/aromatic N) is 1. The van der Waals surface area contributed by atoms with Gasteiger partial charge in [0, 0.05) is 12.1 Å². The van der Waals surface area contributed by atoms with Crippen molar-refractivity contribution < 1.29 is 29.1 Å². The van der Waals surface area contributed by atoms with E-state index in [0.29, 0.717) is 0 Å². The maximum absolute atomic E-state index is 13.4. The Morgan fingerprint density at radius 3 is 2.60 bits per heavy atom. The van der Waals surface area contributed by atoms with E-state index in [0.717, 1.165) is 25.1 Å². The second-order valence-corrected chi connectivity index (χ2v) is 4.18. The molecule has 1 aromatic carbocycles. The van der Waals surface area contributed by atoms with Crippen molar-refractivity contribution in [2.24, 2.45) is 0 Å². The van der Waals surface area contributed by atoms with Crippen molar-refractivity contribution in [1.29, 1.82) is 0 Å². The third-order valence-corrected chi connectivity index (χ3v) is 2.46. The number of aliphatic carboxylic acids is 1. The molecule has 0 saturated heterocycles. The number of carbonyl (C=O) groups is 2. The number of nitro benzene ring substituents is 1. The van der Waals surface area contributed by atoms with E-state index in [1.54, 1.807) is 0 Å². The molecular weight excluding hydrogens is 275 g/mol. The molecule has 3 N–H and O–H groups in total. The molecule has 1 amide bonds. The molecule has 0 aliphatic heterocycles. The molecule has 1 atom stereocenters. The molecule has 0 fully saturated rings. The van der Waals surface area contributed by atoms with Crippen LogP contribution in [0, 0.1) is 15.9 Å². The van der Waals surface area contributed by atoms with Crippen LogP contribution in [0.2, 0.25) is 0 Å². The van der Waals surface area contributed by atoms with Crippen LogP contribution in [0.15, 0.2) is 18.2 Å². The fourth-order valence-corrected chi connectivity index (χ4v) is 1.22. The molecule has 0 aromatic heterocycles. The van der Waals surface area contributed by atoms with Crippen molar-refractivity contribution in [2.45, 2.75) is 12.5 Å². The summed E-state index contributed by atoms with van der Waals surface area (Å²) in [5.41, 5.74) is -3.32. The second kappa shape index (κ2) is 5.61. The minimum atomic E-state index is -2.23. The third-order valence-electron chi connectivity index (χ3n) is 2.46. The maximum Gasteiger partial charge on any atom is 0.337 e. The number of nitrogens with one attached hydrogen (secondary N) is 1. The number of carboxylic acid groups (broad SMARTS) is 1. The molecule has 108 valence electrons. The number of nitro groups is 1. The number of benzene rings is 1. The highest BCUT2D eigenvalue weighted by atomic mass is 19.1. The Kier molecular flexibility index (Phi) is 4.35. The van der Waals surface area contributed by atoms with Crippen molar-refractivity contribution in [1.82, 2.24) is 5.32 Å². The van der Waals surface area contributed by atoms with Gasteiger partial charge in [-0.3, -0.25) is 14.9 Å². The van der Waals surface area contributed by atoms with Crippen LogP contribution in [0.3, 0.4) is 0 Å². The summed E-state index contributed by atoms with van der Waals surface area (Å²) in [6.45, 7) is 0.267. The highest BCUT2D eigenvalue weighted by Gasteiger charge is 2.30. The van der Waals surface area contributed by atoms with Crippen LogP contribution in [0.25, 0.3) is 0 Å². The third kappa shape index (κ3) is 3.48. The van der Waals surface area contributed by atoms with E-state index in [4.69, 9.17) is 5.11 Å². The van der Waals surface area contributed by atoms with E-state index in [2.05, 4.69) is 0 Å². The number of carbonyl (C=O) groups excluding carboxylic acids is 1. The average Bonchev–Trinajstić information content (AvgIpc) is 2.36. The number of carboxylic acids is 1. The van der Waals surface area contributed by atoms with Crippen LogP contribution < -0.4 is 5.32 Å². The molecule has 0 spiro atoms. The predicted octanol–water partition coefficient (Wildman–Crippen LogP) is 0.299. The van der Waals surface area contributed by atoms with Crippen LogP contribution >= 0.6 is 0 Å². The predicted molar refractivity (Wildman–Crippen MR) is 63.6 cm³/mol. The largest absolute Gasteiger partial charge is 0.479 e. The van der Waals surface area contributed by atoms with Gasteiger partial charge >= 0.3 is 5.97 Å². The van der Waals surface area contributed by atoms with Gasteiger partial charge in [-0.15, -0.1) is 0 Å². The number of aliphatic hydroxyl groups is 1. The van der Waals surface area contributed by atoms with Crippen molar-refractivity contribution in [3.8, 4) is 0 Å². The van der Waals surface area contributed by atoms with Gasteiger partial charge in [0.2, 0.25) is 0 Å². The highest BCUT2D eigenvalue weighted by Crippen LogP contribution is 2.16. The summed E-state index contributed by atoms with van der Waals surface area (Å²) in [7, 11) is 0. The quantitative estimate of drug-likeness (QED) is 0.527. The van der Waals surface area contributed by atoms with Crippen molar-refractivity contribution in [3.63, 3.8) is 0 Å². The van der Waals surface area contributed by atoms with Crippen LogP contribution in [0.5, 0.6) is 0 Å². The normalized spacial score (nSPS) is 13.3. The van der Waals surface area contributed by atoms with E-state index in [1.807, 2.05) is 5.32 Å². The maximum atomic E-state index is 13.4. The Morgan fingerprint density at radius 1 is 1.50 bits per heavy atom. The van der Waals surface area contributed by atoms with Crippen molar-refractivity contribution >= 4 is 17.6 Å². The molecule has 0 radical (unpaired) electrons. The monoisotopic (exact) mass is 286 g/mol. The SMILES string of the molecule is CC(O)(CNC(=O)c1cc([N+](=O)[O-])ccc1F)C(=O)O. The topological polar surface area (TPSA) is 130 Å². The molecule has 20 heavy (non-hydrogen) atoms. The Labute approximate surface area is 112 Å². The fourth-order valence-electron chi connectivity index (χ4n) is 1.22. The minimum absolute atomic E-state index is 0.485. The average molecular weight is 286 g/mol. The van der Waals surface area contributed by atoms with Gasteiger partial charge in [0.1, 0.15) is 5.82 Å². The lowest BCUT2D eigenvalue weighted by atomic mass is 10.1. The van der Waals surface area contributed by atoms with Gasteiger partial charge in [0.25, 0.3) is 11.6 Å². The van der Waals surface area contributed by atoms with Crippen LogP contribution in [-0.4, -0.2) is 39.2 Å². The first-order valence-corrected chi connectivity index (χ1v) is 5.33. The van der Waals surface area contributed by atoms with Crippen molar-refractivity contribution in [3.05, 3.63) is 39.7 Å². The second-order valence-electron chi connectivity index (χ2n) is 4.18. The summed E-state index contributed by atoms with van der Waals surface area (Å²) in [4.78, 5) is 32.0. The Hall–Kier alpha value is -2.55. The zero-order chi connectivity index (χ0) is 15.5. The van der Waals surface area contributed by atoms with E-state index >= 15 is 0 Å². The zero-order valence-electron chi connectivity index (χ0n) is 10.3. The molecule has 0 heterocycles. The van der Waals surface area contributed by atoms with Crippen LogP contribution in [-0.2, 0) is 4.79 Å². The van der Waals surface area contributed by atoms with E-state index in [1.165, 1.54) is 0 Å². The summed E-state index contributed by atoms with van der Waals surface area (Å²) >= 11 is 0. The Balaban J connectivity index is 2.90. The molecule has 9 heteroatoms. The number of hydrogen-bond acceptors (Lipinski definition) is 5. The van der Waals surface area contributed by atoms with Crippen LogP contribution in [0.1, 0.15) is 17.3 Å². The number of non-ortho nitro benzene ring substituents is 1. The van der Waals surface area contributed by atoms with E-state index in [9.17, 15) is 29.2 Å². The smallest absolute Gasteiger partial charge is 0.337 e. The van der Waals surface area contributed by atoms with Gasteiger partial charge in [-0.25, -0.2) is 9.18 Å². The molecule has 1 rings (SSSR count).